The van der Waals surface area contributed by atoms with Crippen molar-refractivity contribution < 1.29 is 0 Å². The molecule has 0 saturated carbocycles. The molecule has 90 valence electrons. The lowest BCUT2D eigenvalue weighted by Crippen LogP contribution is -2.24. The van der Waals surface area contributed by atoms with Crippen LogP contribution in [0.1, 0.15) is 19.5 Å². The molecule has 0 radical (unpaired) electrons. The van der Waals surface area contributed by atoms with Gasteiger partial charge >= 0.3 is 0 Å². The van der Waals surface area contributed by atoms with Crippen molar-refractivity contribution in [2.75, 3.05) is 6.54 Å². The second-order valence-electron chi connectivity index (χ2n) is 4.13. The van der Waals surface area contributed by atoms with Crippen LogP contribution in [-0.2, 0) is 6.42 Å². The summed E-state index contributed by atoms with van der Waals surface area (Å²) in [5.41, 5.74) is 2.17. The number of aromatic nitrogens is 3. The number of nitrogens with one attached hydrogen (secondary N) is 1. The third-order valence-corrected chi connectivity index (χ3v) is 3.26. The maximum atomic E-state index is 4.59. The highest BCUT2D eigenvalue weighted by Gasteiger charge is 2.04. The maximum Gasteiger partial charge on any atom is 0.125 e. The Bertz CT molecular complexity index is 453. The number of thiazole rings is 1. The Hall–Kier alpha value is -1.33. The molecule has 2 aromatic rings. The number of hydrogen-bond acceptors (Lipinski definition) is 5. The van der Waals surface area contributed by atoms with Crippen LogP contribution in [0.25, 0.3) is 10.6 Å². The molecule has 0 aliphatic heterocycles. The molecule has 17 heavy (non-hydrogen) atoms. The lowest BCUT2D eigenvalue weighted by atomic mass is 10.3. The summed E-state index contributed by atoms with van der Waals surface area (Å²) < 4.78 is 0. The van der Waals surface area contributed by atoms with Crippen LogP contribution in [-0.4, -0.2) is 27.8 Å². The van der Waals surface area contributed by atoms with Crippen LogP contribution in [0.3, 0.4) is 0 Å². The lowest BCUT2D eigenvalue weighted by molar-refractivity contribution is 0.588. The van der Waals surface area contributed by atoms with E-state index in [2.05, 4.69) is 39.7 Å². The van der Waals surface area contributed by atoms with Gasteiger partial charge in [0.1, 0.15) is 5.01 Å². The SMILES string of the molecule is CC(C)NCCc1csc(-c2ccnnc2)n1. The van der Waals surface area contributed by atoms with Crippen LogP contribution in [0.4, 0.5) is 0 Å². The van der Waals surface area contributed by atoms with Crippen LogP contribution in [0, 0.1) is 0 Å². The third kappa shape index (κ3) is 3.57. The van der Waals surface area contributed by atoms with Gasteiger partial charge in [-0.25, -0.2) is 4.98 Å². The van der Waals surface area contributed by atoms with Crippen LogP contribution in [0.5, 0.6) is 0 Å². The molecule has 0 aliphatic rings. The quantitative estimate of drug-likeness (QED) is 0.880. The predicted molar refractivity (Wildman–Crippen MR) is 70.0 cm³/mol. The lowest BCUT2D eigenvalue weighted by Gasteiger charge is -2.05. The predicted octanol–water partition coefficient (Wildman–Crippen LogP) is 2.14. The monoisotopic (exact) mass is 248 g/mol. The first kappa shape index (κ1) is 12.1. The molecule has 2 aromatic heterocycles. The average Bonchev–Trinajstić information content (AvgIpc) is 2.78. The van der Waals surface area contributed by atoms with Gasteiger partial charge in [0.05, 0.1) is 18.1 Å². The Labute approximate surface area is 105 Å². The highest BCUT2D eigenvalue weighted by Crippen LogP contribution is 2.22. The van der Waals surface area contributed by atoms with Gasteiger partial charge < -0.3 is 5.32 Å². The molecule has 0 fully saturated rings. The first-order valence-corrected chi connectivity index (χ1v) is 6.58. The first-order valence-electron chi connectivity index (χ1n) is 5.70. The largest absolute Gasteiger partial charge is 0.314 e. The van der Waals surface area contributed by atoms with Crippen LogP contribution in [0.2, 0.25) is 0 Å². The highest BCUT2D eigenvalue weighted by molar-refractivity contribution is 7.13. The average molecular weight is 248 g/mol. The Morgan fingerprint density at radius 2 is 2.24 bits per heavy atom. The van der Waals surface area contributed by atoms with Crippen molar-refractivity contribution >= 4 is 11.3 Å². The number of nitrogens with zero attached hydrogens (tertiary/aromatic N) is 3. The van der Waals surface area contributed by atoms with Gasteiger partial charge in [0.25, 0.3) is 0 Å². The van der Waals surface area contributed by atoms with E-state index in [-0.39, 0.29) is 0 Å². The fourth-order valence-corrected chi connectivity index (χ4v) is 2.31. The molecule has 0 amide bonds. The second-order valence-corrected chi connectivity index (χ2v) is 4.99. The third-order valence-electron chi connectivity index (χ3n) is 2.32. The second kappa shape index (κ2) is 5.84. The minimum Gasteiger partial charge on any atom is -0.314 e. The first-order chi connectivity index (χ1) is 8.25. The smallest absolute Gasteiger partial charge is 0.125 e. The van der Waals surface area contributed by atoms with Crippen molar-refractivity contribution in [3.63, 3.8) is 0 Å². The Balaban J connectivity index is 1.97. The number of hydrogen-bond donors (Lipinski definition) is 1. The summed E-state index contributed by atoms with van der Waals surface area (Å²) in [5.74, 6) is 0. The fraction of sp³-hybridized carbons (Fsp3) is 0.417. The molecule has 5 heteroatoms. The molecule has 0 saturated heterocycles. The van der Waals surface area contributed by atoms with E-state index in [0.29, 0.717) is 6.04 Å². The van der Waals surface area contributed by atoms with E-state index >= 15 is 0 Å². The minimum absolute atomic E-state index is 0.525. The van der Waals surface area contributed by atoms with E-state index in [9.17, 15) is 0 Å². The summed E-state index contributed by atoms with van der Waals surface area (Å²) in [7, 11) is 0. The Morgan fingerprint density at radius 3 is 2.94 bits per heavy atom. The molecule has 0 aromatic carbocycles. The van der Waals surface area contributed by atoms with Gasteiger partial charge in [-0.2, -0.15) is 10.2 Å². The minimum atomic E-state index is 0.525. The molecule has 2 heterocycles. The summed E-state index contributed by atoms with van der Waals surface area (Å²) in [4.78, 5) is 4.59. The zero-order chi connectivity index (χ0) is 12.1. The topological polar surface area (TPSA) is 50.7 Å². The van der Waals surface area contributed by atoms with Crippen molar-refractivity contribution in [1.82, 2.24) is 20.5 Å². The summed E-state index contributed by atoms with van der Waals surface area (Å²) in [6.07, 6.45) is 4.40. The summed E-state index contributed by atoms with van der Waals surface area (Å²) in [5, 5.41) is 14.1. The van der Waals surface area contributed by atoms with Gasteiger partial charge in [-0.1, -0.05) is 13.8 Å². The molecule has 1 N–H and O–H groups in total. The van der Waals surface area contributed by atoms with Crippen LogP contribution >= 0.6 is 11.3 Å². The van der Waals surface area contributed by atoms with Crippen LogP contribution in [0.15, 0.2) is 23.8 Å². The van der Waals surface area contributed by atoms with Crippen LogP contribution < -0.4 is 5.32 Å². The normalized spacial score (nSPS) is 11.0. The number of rotatable bonds is 5. The summed E-state index contributed by atoms with van der Waals surface area (Å²) in [6.45, 7) is 5.26. The molecule has 0 unspecified atom stereocenters. The highest BCUT2D eigenvalue weighted by atomic mass is 32.1. The zero-order valence-corrected chi connectivity index (χ0v) is 10.9. The Morgan fingerprint density at radius 1 is 1.35 bits per heavy atom. The van der Waals surface area contributed by atoms with E-state index in [4.69, 9.17) is 0 Å². The molecule has 0 spiro atoms. The van der Waals surface area contributed by atoms with E-state index in [1.54, 1.807) is 23.7 Å². The van der Waals surface area contributed by atoms with Gasteiger partial charge in [0, 0.05) is 30.0 Å². The molecule has 4 nitrogen and oxygen atoms in total. The van der Waals surface area contributed by atoms with Crippen molar-refractivity contribution in [2.45, 2.75) is 26.3 Å². The van der Waals surface area contributed by atoms with Crippen molar-refractivity contribution in [2.24, 2.45) is 0 Å². The molecular weight excluding hydrogens is 232 g/mol. The van der Waals surface area contributed by atoms with E-state index < -0.39 is 0 Å². The van der Waals surface area contributed by atoms with Gasteiger partial charge in [0.2, 0.25) is 0 Å². The zero-order valence-electron chi connectivity index (χ0n) is 10.1. The van der Waals surface area contributed by atoms with E-state index in [1.807, 2.05) is 6.07 Å². The molecular formula is C12H16N4S. The maximum absolute atomic E-state index is 4.59. The van der Waals surface area contributed by atoms with Crippen molar-refractivity contribution in [1.29, 1.82) is 0 Å². The standard InChI is InChI=1S/C12H16N4S/c1-9(2)13-5-4-11-8-17-12(16-11)10-3-6-14-15-7-10/h3,6-9,13H,4-5H2,1-2H3. The fourth-order valence-electron chi connectivity index (χ4n) is 1.46. The van der Waals surface area contributed by atoms with E-state index in [1.165, 1.54) is 0 Å². The van der Waals surface area contributed by atoms with Crippen molar-refractivity contribution in [3.8, 4) is 10.6 Å². The van der Waals surface area contributed by atoms with Gasteiger partial charge in [-0.15, -0.1) is 11.3 Å². The Kier molecular flexibility index (Phi) is 4.17. The molecule has 0 aliphatic carbocycles. The van der Waals surface area contributed by atoms with Gasteiger partial charge in [-0.3, -0.25) is 0 Å². The summed E-state index contributed by atoms with van der Waals surface area (Å²) >= 11 is 1.65. The van der Waals surface area contributed by atoms with E-state index in [0.717, 1.165) is 29.2 Å². The molecule has 0 atom stereocenters. The van der Waals surface area contributed by atoms with Gasteiger partial charge in [0.15, 0.2) is 0 Å². The summed E-state index contributed by atoms with van der Waals surface area (Å²) in [6, 6.07) is 2.46. The molecule has 0 bridgehead atoms. The van der Waals surface area contributed by atoms with Gasteiger partial charge in [-0.05, 0) is 6.07 Å². The van der Waals surface area contributed by atoms with Crippen molar-refractivity contribution in [3.05, 3.63) is 29.5 Å². The molecule has 2 rings (SSSR count).